The van der Waals surface area contributed by atoms with Crippen molar-refractivity contribution in [1.82, 2.24) is 10.6 Å². The maximum Gasteiger partial charge on any atom is 0.191 e. The zero-order valence-electron chi connectivity index (χ0n) is 14.0. The minimum Gasteiger partial charge on any atom is -0.488 e. The van der Waals surface area contributed by atoms with Crippen LogP contribution in [0.25, 0.3) is 0 Å². The van der Waals surface area contributed by atoms with Crippen molar-refractivity contribution in [3.05, 3.63) is 51.7 Å². The van der Waals surface area contributed by atoms with Gasteiger partial charge in [-0.25, -0.2) is 0 Å². The van der Waals surface area contributed by atoms with Crippen molar-refractivity contribution in [2.45, 2.75) is 32.4 Å². The van der Waals surface area contributed by atoms with Gasteiger partial charge in [-0.2, -0.15) is 0 Å². The second kappa shape index (κ2) is 9.27. The van der Waals surface area contributed by atoms with E-state index in [1.54, 1.807) is 7.05 Å². The zero-order chi connectivity index (χ0) is 16.1. The predicted octanol–water partition coefficient (Wildman–Crippen LogP) is 3.60. The number of thiophene rings is 1. The molecule has 6 heteroatoms. The molecular weight excluding hydrogens is 433 g/mol. The molecule has 2 heterocycles. The molecule has 130 valence electrons. The lowest BCUT2D eigenvalue weighted by Crippen LogP contribution is -2.41. The van der Waals surface area contributed by atoms with E-state index in [1.165, 1.54) is 15.3 Å². The van der Waals surface area contributed by atoms with Gasteiger partial charge in [-0.3, -0.25) is 4.99 Å². The van der Waals surface area contributed by atoms with Crippen LogP contribution in [0.15, 0.2) is 41.4 Å². The van der Waals surface area contributed by atoms with Gasteiger partial charge >= 0.3 is 0 Å². The second-order valence-corrected chi connectivity index (χ2v) is 6.83. The first-order valence-electron chi connectivity index (χ1n) is 8.05. The summed E-state index contributed by atoms with van der Waals surface area (Å²) in [5.74, 6) is 1.82. The van der Waals surface area contributed by atoms with Crippen LogP contribution in [0.5, 0.6) is 5.75 Å². The fourth-order valence-corrected chi connectivity index (χ4v) is 3.57. The lowest BCUT2D eigenvalue weighted by atomic mass is 10.1. The van der Waals surface area contributed by atoms with Crippen molar-refractivity contribution in [2.24, 2.45) is 4.99 Å². The topological polar surface area (TPSA) is 45.7 Å². The summed E-state index contributed by atoms with van der Waals surface area (Å²) in [4.78, 5) is 7.03. The molecule has 1 aromatic carbocycles. The first kappa shape index (κ1) is 19.1. The largest absolute Gasteiger partial charge is 0.488 e. The zero-order valence-corrected chi connectivity index (χ0v) is 17.2. The number of hydrogen-bond acceptors (Lipinski definition) is 3. The molecular formula is C18H24IN3OS. The summed E-state index contributed by atoms with van der Waals surface area (Å²) < 4.78 is 5.94. The number of benzene rings is 1. The number of nitrogens with one attached hydrogen (secondary N) is 2. The molecule has 0 saturated carbocycles. The molecule has 0 fully saturated rings. The molecule has 0 spiro atoms. The van der Waals surface area contributed by atoms with Gasteiger partial charge < -0.3 is 15.4 Å². The number of aryl methyl sites for hydroxylation is 1. The Labute approximate surface area is 164 Å². The molecule has 0 aliphatic carbocycles. The average Bonchev–Trinajstić information content (AvgIpc) is 3.21. The SMILES string of the molecule is CCc1ccc(CNC(=NC)NCC2Cc3ccccc3O2)s1.I. The first-order valence-corrected chi connectivity index (χ1v) is 8.86. The molecule has 0 bridgehead atoms. The van der Waals surface area contributed by atoms with Gasteiger partial charge in [-0.05, 0) is 30.2 Å². The molecule has 1 unspecified atom stereocenters. The number of nitrogens with zero attached hydrogens (tertiary/aromatic N) is 1. The minimum absolute atomic E-state index is 0. The van der Waals surface area contributed by atoms with E-state index in [2.05, 4.69) is 46.8 Å². The maximum absolute atomic E-state index is 5.94. The summed E-state index contributed by atoms with van der Waals surface area (Å²) in [6.45, 7) is 3.73. The van der Waals surface area contributed by atoms with Gasteiger partial charge in [0.05, 0.1) is 13.1 Å². The Bertz CT molecular complexity index is 661. The summed E-state index contributed by atoms with van der Waals surface area (Å²) in [5.41, 5.74) is 1.29. The second-order valence-electron chi connectivity index (χ2n) is 5.58. The third-order valence-corrected chi connectivity index (χ3v) is 5.16. The van der Waals surface area contributed by atoms with Gasteiger partial charge in [0.15, 0.2) is 5.96 Å². The number of hydrogen-bond donors (Lipinski definition) is 2. The Hall–Kier alpha value is -1.28. The van der Waals surface area contributed by atoms with Crippen LogP contribution in [-0.4, -0.2) is 25.7 Å². The number of ether oxygens (including phenoxy) is 1. The van der Waals surface area contributed by atoms with Crippen LogP contribution in [0, 0.1) is 0 Å². The van der Waals surface area contributed by atoms with E-state index < -0.39 is 0 Å². The van der Waals surface area contributed by atoms with E-state index >= 15 is 0 Å². The fourth-order valence-electron chi connectivity index (χ4n) is 2.68. The van der Waals surface area contributed by atoms with E-state index in [4.69, 9.17) is 4.74 Å². The monoisotopic (exact) mass is 457 g/mol. The molecule has 1 aliphatic rings. The van der Waals surface area contributed by atoms with Gasteiger partial charge in [0.1, 0.15) is 11.9 Å². The molecule has 2 aromatic rings. The van der Waals surface area contributed by atoms with Crippen molar-refractivity contribution in [1.29, 1.82) is 0 Å². The highest BCUT2D eigenvalue weighted by molar-refractivity contribution is 14.0. The van der Waals surface area contributed by atoms with E-state index in [0.717, 1.165) is 37.6 Å². The molecule has 1 aromatic heterocycles. The van der Waals surface area contributed by atoms with Gasteiger partial charge in [-0.1, -0.05) is 25.1 Å². The lowest BCUT2D eigenvalue weighted by Gasteiger charge is -2.15. The highest BCUT2D eigenvalue weighted by atomic mass is 127. The van der Waals surface area contributed by atoms with E-state index in [-0.39, 0.29) is 30.1 Å². The van der Waals surface area contributed by atoms with Gasteiger partial charge in [0.2, 0.25) is 0 Å². The summed E-state index contributed by atoms with van der Waals surface area (Å²) in [6, 6.07) is 12.6. The Morgan fingerprint density at radius 1 is 1.21 bits per heavy atom. The Morgan fingerprint density at radius 2 is 2.00 bits per heavy atom. The van der Waals surface area contributed by atoms with Gasteiger partial charge in [0.25, 0.3) is 0 Å². The van der Waals surface area contributed by atoms with Crippen LogP contribution in [0.3, 0.4) is 0 Å². The third kappa shape index (κ3) is 4.86. The average molecular weight is 457 g/mol. The van der Waals surface area contributed by atoms with Gasteiger partial charge in [-0.15, -0.1) is 35.3 Å². The predicted molar refractivity (Wildman–Crippen MR) is 112 cm³/mol. The van der Waals surface area contributed by atoms with E-state index in [0.29, 0.717) is 0 Å². The number of guanidine groups is 1. The maximum atomic E-state index is 5.94. The molecule has 3 rings (SSSR count). The number of aliphatic imine (C=N–C) groups is 1. The lowest BCUT2D eigenvalue weighted by molar-refractivity contribution is 0.235. The standard InChI is InChI=1S/C18H23N3OS.HI/c1-3-15-8-9-16(23-15)12-21-18(19-2)20-11-14-10-13-6-4-5-7-17(13)22-14;/h4-9,14H,3,10-12H2,1-2H3,(H2,19,20,21);1H. The fraction of sp³-hybridized carbons (Fsp3) is 0.389. The third-order valence-electron chi connectivity index (χ3n) is 3.93. The summed E-state index contributed by atoms with van der Waals surface area (Å²) in [6.07, 6.45) is 2.21. The smallest absolute Gasteiger partial charge is 0.191 e. The Balaban J connectivity index is 0.00000208. The highest BCUT2D eigenvalue weighted by Crippen LogP contribution is 2.27. The van der Waals surface area contributed by atoms with Crippen molar-refractivity contribution in [2.75, 3.05) is 13.6 Å². The molecule has 2 N–H and O–H groups in total. The molecule has 0 radical (unpaired) electrons. The van der Waals surface area contributed by atoms with Crippen LogP contribution in [0.2, 0.25) is 0 Å². The summed E-state index contributed by atoms with van der Waals surface area (Å²) in [5, 5.41) is 6.72. The Kier molecular flexibility index (Phi) is 7.36. The van der Waals surface area contributed by atoms with Crippen LogP contribution >= 0.6 is 35.3 Å². The number of fused-ring (bicyclic) bond motifs is 1. The molecule has 4 nitrogen and oxygen atoms in total. The van der Waals surface area contributed by atoms with Crippen molar-refractivity contribution in [3.8, 4) is 5.75 Å². The quantitative estimate of drug-likeness (QED) is 0.410. The molecule has 1 aliphatic heterocycles. The van der Waals surface area contributed by atoms with E-state index in [1.807, 2.05) is 23.5 Å². The molecule has 0 amide bonds. The van der Waals surface area contributed by atoms with Crippen LogP contribution in [0.4, 0.5) is 0 Å². The van der Waals surface area contributed by atoms with Crippen LogP contribution < -0.4 is 15.4 Å². The normalized spacial score (nSPS) is 16.1. The molecule has 0 saturated heterocycles. The van der Waals surface area contributed by atoms with Crippen molar-refractivity contribution in [3.63, 3.8) is 0 Å². The summed E-state index contributed by atoms with van der Waals surface area (Å²) >= 11 is 1.85. The molecule has 24 heavy (non-hydrogen) atoms. The summed E-state index contributed by atoms with van der Waals surface area (Å²) in [7, 11) is 1.80. The number of halogens is 1. The van der Waals surface area contributed by atoms with Crippen molar-refractivity contribution < 1.29 is 4.74 Å². The minimum atomic E-state index is 0. The van der Waals surface area contributed by atoms with Crippen LogP contribution in [0.1, 0.15) is 22.2 Å². The van der Waals surface area contributed by atoms with E-state index in [9.17, 15) is 0 Å². The van der Waals surface area contributed by atoms with Gasteiger partial charge in [0, 0.05) is 23.2 Å². The number of rotatable bonds is 5. The Morgan fingerprint density at radius 3 is 2.71 bits per heavy atom. The first-order chi connectivity index (χ1) is 11.3. The highest BCUT2D eigenvalue weighted by Gasteiger charge is 2.22. The number of para-hydroxylation sites is 1. The molecule has 1 atom stereocenters. The van der Waals surface area contributed by atoms with Crippen molar-refractivity contribution >= 4 is 41.3 Å². The van der Waals surface area contributed by atoms with Crippen LogP contribution in [-0.2, 0) is 19.4 Å².